The molecule has 1 rings (SSSR count). The first-order valence-electron chi connectivity index (χ1n) is 6.11. The lowest BCUT2D eigenvalue weighted by Crippen LogP contribution is -2.16. The standard InChI is InChI=1S/C15H24O/c1-6-7-14(8-9-16)15-12(4)10(2)11(3)13(15)5/h6,14-16H,1,7-9H2,2-5H3. The third kappa shape index (κ3) is 2.30. The minimum Gasteiger partial charge on any atom is -0.396 e. The summed E-state index contributed by atoms with van der Waals surface area (Å²) in [6, 6.07) is 0. The monoisotopic (exact) mass is 220 g/mol. The molecule has 0 amide bonds. The van der Waals surface area contributed by atoms with Crippen LogP contribution in [-0.4, -0.2) is 11.7 Å². The Morgan fingerprint density at radius 1 is 1.19 bits per heavy atom. The molecule has 16 heavy (non-hydrogen) atoms. The molecule has 0 aliphatic heterocycles. The van der Waals surface area contributed by atoms with Crippen molar-refractivity contribution in [3.63, 3.8) is 0 Å². The number of rotatable bonds is 5. The summed E-state index contributed by atoms with van der Waals surface area (Å²) >= 11 is 0. The van der Waals surface area contributed by atoms with Gasteiger partial charge in [-0.1, -0.05) is 17.2 Å². The molecule has 0 bridgehead atoms. The van der Waals surface area contributed by atoms with Crippen molar-refractivity contribution in [3.8, 4) is 0 Å². The molecule has 1 unspecified atom stereocenters. The zero-order chi connectivity index (χ0) is 12.3. The number of allylic oxidation sites excluding steroid dienone is 5. The van der Waals surface area contributed by atoms with Crippen LogP contribution >= 0.6 is 0 Å². The van der Waals surface area contributed by atoms with Gasteiger partial charge in [0, 0.05) is 12.5 Å². The summed E-state index contributed by atoms with van der Waals surface area (Å²) < 4.78 is 0. The van der Waals surface area contributed by atoms with E-state index < -0.39 is 0 Å². The SMILES string of the molecule is C=CCC(CCO)C1C(C)=C(C)C(C)=C1C. The van der Waals surface area contributed by atoms with Gasteiger partial charge in [0.05, 0.1) is 0 Å². The van der Waals surface area contributed by atoms with Crippen molar-refractivity contribution in [1.29, 1.82) is 0 Å². The molecular formula is C15H24O. The van der Waals surface area contributed by atoms with E-state index in [-0.39, 0.29) is 6.61 Å². The highest BCUT2D eigenvalue weighted by Gasteiger charge is 2.30. The van der Waals surface area contributed by atoms with Crippen molar-refractivity contribution >= 4 is 0 Å². The molecule has 0 saturated carbocycles. The molecule has 0 saturated heterocycles. The highest BCUT2D eigenvalue weighted by Crippen LogP contribution is 2.42. The molecule has 0 aromatic carbocycles. The van der Waals surface area contributed by atoms with Gasteiger partial charge >= 0.3 is 0 Å². The number of hydrogen-bond donors (Lipinski definition) is 1. The molecule has 0 radical (unpaired) electrons. The third-order valence-corrected chi connectivity index (χ3v) is 4.12. The van der Waals surface area contributed by atoms with E-state index in [1.54, 1.807) is 0 Å². The van der Waals surface area contributed by atoms with Gasteiger partial charge in [-0.2, -0.15) is 0 Å². The van der Waals surface area contributed by atoms with E-state index in [0.29, 0.717) is 11.8 Å². The van der Waals surface area contributed by atoms with E-state index in [4.69, 9.17) is 5.11 Å². The van der Waals surface area contributed by atoms with Gasteiger partial charge in [0.2, 0.25) is 0 Å². The molecule has 1 aliphatic carbocycles. The van der Waals surface area contributed by atoms with Crippen LogP contribution < -0.4 is 0 Å². The maximum absolute atomic E-state index is 9.16. The predicted octanol–water partition coefficient (Wildman–Crippen LogP) is 3.86. The number of aliphatic hydroxyl groups excluding tert-OH is 1. The normalized spacial score (nSPS) is 19.6. The average molecular weight is 220 g/mol. The van der Waals surface area contributed by atoms with E-state index in [2.05, 4.69) is 34.3 Å². The molecule has 90 valence electrons. The van der Waals surface area contributed by atoms with Gasteiger partial charge in [-0.3, -0.25) is 0 Å². The van der Waals surface area contributed by atoms with Crippen molar-refractivity contribution in [2.45, 2.75) is 40.5 Å². The minimum atomic E-state index is 0.271. The molecule has 0 aromatic heterocycles. The van der Waals surface area contributed by atoms with Crippen molar-refractivity contribution in [2.24, 2.45) is 11.8 Å². The zero-order valence-corrected chi connectivity index (χ0v) is 11.0. The van der Waals surface area contributed by atoms with E-state index >= 15 is 0 Å². The first-order chi connectivity index (χ1) is 7.54. The molecule has 0 fully saturated rings. The van der Waals surface area contributed by atoms with E-state index in [1.807, 2.05) is 6.08 Å². The Labute approximate surface area is 99.6 Å². The molecule has 1 atom stereocenters. The molecule has 0 spiro atoms. The van der Waals surface area contributed by atoms with Gasteiger partial charge in [0.1, 0.15) is 0 Å². The summed E-state index contributed by atoms with van der Waals surface area (Å²) in [6.07, 6.45) is 3.83. The zero-order valence-electron chi connectivity index (χ0n) is 11.0. The third-order valence-electron chi connectivity index (χ3n) is 4.12. The Morgan fingerprint density at radius 3 is 2.06 bits per heavy atom. The average Bonchev–Trinajstić information content (AvgIpc) is 2.44. The maximum atomic E-state index is 9.16. The molecule has 1 aliphatic rings. The number of hydrogen-bond acceptors (Lipinski definition) is 1. The second-order valence-electron chi connectivity index (χ2n) is 4.89. The van der Waals surface area contributed by atoms with Crippen LogP contribution in [0.1, 0.15) is 40.5 Å². The predicted molar refractivity (Wildman–Crippen MR) is 70.2 cm³/mol. The van der Waals surface area contributed by atoms with Crippen molar-refractivity contribution in [2.75, 3.05) is 6.61 Å². The highest BCUT2D eigenvalue weighted by atomic mass is 16.3. The van der Waals surface area contributed by atoms with Crippen molar-refractivity contribution < 1.29 is 5.11 Å². The van der Waals surface area contributed by atoms with Gasteiger partial charge < -0.3 is 5.11 Å². The van der Waals surface area contributed by atoms with Crippen LogP contribution in [0, 0.1) is 11.8 Å². The minimum absolute atomic E-state index is 0.271. The molecule has 1 heteroatoms. The second kappa shape index (κ2) is 5.49. The van der Waals surface area contributed by atoms with Gasteiger partial charge in [0.25, 0.3) is 0 Å². The maximum Gasteiger partial charge on any atom is 0.0434 e. The van der Waals surface area contributed by atoms with Crippen LogP contribution in [-0.2, 0) is 0 Å². The summed E-state index contributed by atoms with van der Waals surface area (Å²) in [4.78, 5) is 0. The lowest BCUT2D eigenvalue weighted by atomic mass is 9.80. The van der Waals surface area contributed by atoms with E-state index in [0.717, 1.165) is 12.8 Å². The first-order valence-corrected chi connectivity index (χ1v) is 6.11. The lowest BCUT2D eigenvalue weighted by Gasteiger charge is -2.25. The summed E-state index contributed by atoms with van der Waals surface area (Å²) in [6.45, 7) is 13.0. The van der Waals surface area contributed by atoms with Gasteiger partial charge in [-0.05, 0) is 57.6 Å². The van der Waals surface area contributed by atoms with Gasteiger partial charge in [-0.15, -0.1) is 6.58 Å². The quantitative estimate of drug-likeness (QED) is 0.697. The molecule has 1 N–H and O–H groups in total. The lowest BCUT2D eigenvalue weighted by molar-refractivity contribution is 0.241. The van der Waals surface area contributed by atoms with E-state index in [1.165, 1.54) is 22.3 Å². The van der Waals surface area contributed by atoms with E-state index in [9.17, 15) is 0 Å². The molecule has 0 heterocycles. The highest BCUT2D eigenvalue weighted by molar-refractivity contribution is 5.46. The summed E-state index contributed by atoms with van der Waals surface area (Å²) in [5, 5.41) is 9.16. The van der Waals surface area contributed by atoms with Gasteiger partial charge in [-0.25, -0.2) is 0 Å². The number of aliphatic hydroxyl groups is 1. The Kier molecular flexibility index (Phi) is 4.55. The van der Waals surface area contributed by atoms with Gasteiger partial charge in [0.15, 0.2) is 0 Å². The first kappa shape index (κ1) is 13.2. The topological polar surface area (TPSA) is 20.2 Å². The van der Waals surface area contributed by atoms with Crippen molar-refractivity contribution in [1.82, 2.24) is 0 Å². The van der Waals surface area contributed by atoms with Crippen LogP contribution in [0.5, 0.6) is 0 Å². The Balaban J connectivity index is 2.98. The van der Waals surface area contributed by atoms with Crippen molar-refractivity contribution in [3.05, 3.63) is 34.9 Å². The summed E-state index contributed by atoms with van der Waals surface area (Å²) in [5.74, 6) is 1.03. The largest absolute Gasteiger partial charge is 0.396 e. The fraction of sp³-hybridized carbons (Fsp3) is 0.600. The van der Waals surface area contributed by atoms with Crippen LogP contribution in [0.4, 0.5) is 0 Å². The van der Waals surface area contributed by atoms with Crippen LogP contribution in [0.2, 0.25) is 0 Å². The Hall–Kier alpha value is -0.820. The fourth-order valence-corrected chi connectivity index (χ4v) is 2.89. The molecule has 1 nitrogen and oxygen atoms in total. The summed E-state index contributed by atoms with van der Waals surface area (Å²) in [5.41, 5.74) is 5.84. The smallest absolute Gasteiger partial charge is 0.0434 e. The fourth-order valence-electron chi connectivity index (χ4n) is 2.89. The van der Waals surface area contributed by atoms with Crippen LogP contribution in [0.15, 0.2) is 34.9 Å². The van der Waals surface area contributed by atoms with Crippen LogP contribution in [0.25, 0.3) is 0 Å². The molecular weight excluding hydrogens is 196 g/mol. The summed E-state index contributed by atoms with van der Waals surface area (Å²) in [7, 11) is 0. The molecule has 0 aromatic rings. The second-order valence-corrected chi connectivity index (χ2v) is 4.89. The Bertz CT molecular complexity index is 309. The van der Waals surface area contributed by atoms with Crippen LogP contribution in [0.3, 0.4) is 0 Å². The Morgan fingerprint density at radius 2 is 1.69 bits per heavy atom.